The molecule has 3 aromatic rings. The quantitative estimate of drug-likeness (QED) is 0.625. The number of nitrogens with one attached hydrogen (secondary N) is 1. The summed E-state index contributed by atoms with van der Waals surface area (Å²) in [7, 11) is 0. The van der Waals surface area contributed by atoms with Crippen LogP contribution < -0.4 is 10.9 Å². The predicted octanol–water partition coefficient (Wildman–Crippen LogP) is 3.19. The molecular weight excluding hydrogens is 370 g/mol. The molecule has 7 heteroatoms. The fourth-order valence-electron chi connectivity index (χ4n) is 2.73. The summed E-state index contributed by atoms with van der Waals surface area (Å²) < 4.78 is 6.71. The number of hydrogen-bond donors (Lipinski definition) is 1. The molecule has 1 heterocycles. The van der Waals surface area contributed by atoms with E-state index in [0.29, 0.717) is 24.2 Å². The number of benzene rings is 2. The minimum Gasteiger partial charge on any atom is -0.442 e. The van der Waals surface area contributed by atoms with Crippen molar-refractivity contribution in [3.63, 3.8) is 0 Å². The average Bonchev–Trinajstić information content (AvgIpc) is 2.75. The van der Waals surface area contributed by atoms with Crippen molar-refractivity contribution in [2.24, 2.45) is 0 Å². The molecule has 1 unspecified atom stereocenters. The van der Waals surface area contributed by atoms with E-state index in [4.69, 9.17) is 4.74 Å². The van der Waals surface area contributed by atoms with Gasteiger partial charge >= 0.3 is 5.97 Å². The first-order valence-electron chi connectivity index (χ1n) is 9.28. The van der Waals surface area contributed by atoms with Gasteiger partial charge in [-0.05, 0) is 24.6 Å². The second kappa shape index (κ2) is 9.45. The molecular formula is C22H21N3O4. The summed E-state index contributed by atoms with van der Waals surface area (Å²) in [6, 6.07) is 20.2. The number of para-hydroxylation sites is 1. The van der Waals surface area contributed by atoms with Crippen LogP contribution in [0.25, 0.3) is 0 Å². The molecule has 148 valence electrons. The van der Waals surface area contributed by atoms with Crippen molar-refractivity contribution in [2.45, 2.75) is 26.0 Å². The van der Waals surface area contributed by atoms with Gasteiger partial charge in [0.1, 0.15) is 0 Å². The van der Waals surface area contributed by atoms with Gasteiger partial charge in [0.2, 0.25) is 6.10 Å². The van der Waals surface area contributed by atoms with Crippen LogP contribution in [0, 0.1) is 0 Å². The molecule has 1 atom stereocenters. The Bertz CT molecular complexity index is 1030. The van der Waals surface area contributed by atoms with Gasteiger partial charge in [-0.2, -0.15) is 5.10 Å². The lowest BCUT2D eigenvalue weighted by molar-refractivity contribution is -0.125. The van der Waals surface area contributed by atoms with Crippen LogP contribution in [0.3, 0.4) is 0 Å². The van der Waals surface area contributed by atoms with Crippen molar-refractivity contribution in [1.29, 1.82) is 0 Å². The zero-order valence-corrected chi connectivity index (χ0v) is 15.9. The maximum absolute atomic E-state index is 12.8. The van der Waals surface area contributed by atoms with Gasteiger partial charge in [-0.15, -0.1) is 0 Å². The Kier molecular flexibility index (Phi) is 6.52. The largest absolute Gasteiger partial charge is 0.442 e. The number of esters is 1. The van der Waals surface area contributed by atoms with Crippen LogP contribution in [-0.4, -0.2) is 21.7 Å². The normalized spacial score (nSPS) is 11.5. The highest BCUT2D eigenvalue weighted by Crippen LogP contribution is 2.21. The molecule has 3 rings (SSSR count). The Morgan fingerprint density at radius 1 is 1.00 bits per heavy atom. The van der Waals surface area contributed by atoms with Crippen molar-refractivity contribution >= 4 is 17.6 Å². The monoisotopic (exact) mass is 391 g/mol. The molecule has 1 N–H and O–H groups in total. The summed E-state index contributed by atoms with van der Waals surface area (Å²) in [6.45, 7) is 2.29. The van der Waals surface area contributed by atoms with E-state index in [2.05, 4.69) is 10.4 Å². The van der Waals surface area contributed by atoms with E-state index in [-0.39, 0.29) is 11.3 Å². The Morgan fingerprint density at radius 3 is 2.31 bits per heavy atom. The minimum atomic E-state index is -1.17. The first kappa shape index (κ1) is 20.0. The van der Waals surface area contributed by atoms with E-state index in [9.17, 15) is 14.4 Å². The fraction of sp³-hybridized carbons (Fsp3) is 0.182. The molecule has 0 spiro atoms. The number of hydrogen-bond acceptors (Lipinski definition) is 5. The summed E-state index contributed by atoms with van der Waals surface area (Å²) in [5, 5.41) is 6.80. The van der Waals surface area contributed by atoms with E-state index in [0.717, 1.165) is 0 Å². The molecule has 0 bridgehead atoms. The number of aromatic nitrogens is 2. The number of nitrogens with zero attached hydrogens (tertiary/aromatic N) is 2. The van der Waals surface area contributed by atoms with E-state index >= 15 is 0 Å². The Labute approximate surface area is 168 Å². The Hall–Kier alpha value is -3.74. The molecule has 0 fully saturated rings. The van der Waals surface area contributed by atoms with Gasteiger partial charge in [0.05, 0.1) is 0 Å². The third-order valence-electron chi connectivity index (χ3n) is 4.12. The van der Waals surface area contributed by atoms with Crippen molar-refractivity contribution in [3.05, 3.63) is 94.4 Å². The third kappa shape index (κ3) is 5.16. The summed E-state index contributed by atoms with van der Waals surface area (Å²) >= 11 is 0. The van der Waals surface area contributed by atoms with Gasteiger partial charge in [-0.3, -0.25) is 9.59 Å². The highest BCUT2D eigenvalue weighted by atomic mass is 16.5. The van der Waals surface area contributed by atoms with Crippen LogP contribution in [0.1, 0.15) is 35.5 Å². The molecule has 0 aliphatic carbocycles. The lowest BCUT2D eigenvalue weighted by Gasteiger charge is -2.18. The van der Waals surface area contributed by atoms with Crippen LogP contribution in [0.2, 0.25) is 0 Å². The van der Waals surface area contributed by atoms with Crippen LogP contribution in [0.15, 0.2) is 77.6 Å². The van der Waals surface area contributed by atoms with Crippen LogP contribution in [0.4, 0.5) is 5.69 Å². The Morgan fingerprint density at radius 2 is 1.66 bits per heavy atom. The smallest absolute Gasteiger partial charge is 0.359 e. The summed E-state index contributed by atoms with van der Waals surface area (Å²) in [6.07, 6.45) is -0.477. The summed E-state index contributed by atoms with van der Waals surface area (Å²) in [5.41, 5.74) is 0.775. The number of amides is 1. The first-order chi connectivity index (χ1) is 14.1. The standard InChI is InChI=1S/C22H21N3O4/c1-2-15-25-19(26)14-13-18(24-25)22(28)29-20(16-9-5-3-6-10-16)21(27)23-17-11-7-4-8-12-17/h3-14,20H,2,15H2,1H3,(H,23,27). The topological polar surface area (TPSA) is 90.3 Å². The third-order valence-corrected chi connectivity index (χ3v) is 4.12. The molecule has 1 amide bonds. The summed E-state index contributed by atoms with van der Waals surface area (Å²) in [5.74, 6) is -1.27. The molecule has 0 saturated heterocycles. The fourth-order valence-corrected chi connectivity index (χ4v) is 2.73. The molecule has 1 aromatic heterocycles. The molecule has 2 aromatic carbocycles. The summed E-state index contributed by atoms with van der Waals surface area (Å²) in [4.78, 5) is 37.3. The van der Waals surface area contributed by atoms with Crippen LogP contribution in [0.5, 0.6) is 0 Å². The van der Waals surface area contributed by atoms with Crippen LogP contribution in [-0.2, 0) is 16.1 Å². The number of aryl methyl sites for hydroxylation is 1. The minimum absolute atomic E-state index is 0.0357. The second-order valence-corrected chi connectivity index (χ2v) is 6.33. The molecule has 0 aliphatic rings. The highest BCUT2D eigenvalue weighted by Gasteiger charge is 2.26. The number of anilines is 1. The van der Waals surface area contributed by atoms with Crippen LogP contribution >= 0.6 is 0 Å². The maximum Gasteiger partial charge on any atom is 0.359 e. The van der Waals surface area contributed by atoms with E-state index in [1.165, 1.54) is 16.8 Å². The van der Waals surface area contributed by atoms with E-state index in [1.54, 1.807) is 54.6 Å². The van der Waals surface area contributed by atoms with Crippen molar-refractivity contribution in [1.82, 2.24) is 9.78 Å². The molecule has 0 radical (unpaired) electrons. The maximum atomic E-state index is 12.8. The van der Waals surface area contributed by atoms with Gasteiger partial charge in [0.25, 0.3) is 11.5 Å². The molecule has 7 nitrogen and oxygen atoms in total. The van der Waals surface area contributed by atoms with Gasteiger partial charge < -0.3 is 10.1 Å². The van der Waals surface area contributed by atoms with Gasteiger partial charge in [0, 0.05) is 23.9 Å². The predicted molar refractivity (Wildman–Crippen MR) is 108 cm³/mol. The van der Waals surface area contributed by atoms with Gasteiger partial charge in [-0.25, -0.2) is 9.48 Å². The van der Waals surface area contributed by atoms with Crippen molar-refractivity contribution in [2.75, 3.05) is 5.32 Å². The number of carbonyl (C=O) groups excluding carboxylic acids is 2. The highest BCUT2D eigenvalue weighted by molar-refractivity contribution is 5.97. The van der Waals surface area contributed by atoms with Crippen molar-refractivity contribution in [3.8, 4) is 0 Å². The van der Waals surface area contributed by atoms with E-state index in [1.807, 2.05) is 13.0 Å². The second-order valence-electron chi connectivity index (χ2n) is 6.33. The molecule has 29 heavy (non-hydrogen) atoms. The molecule has 0 saturated carbocycles. The number of carbonyl (C=O) groups is 2. The average molecular weight is 391 g/mol. The first-order valence-corrected chi connectivity index (χ1v) is 9.28. The Balaban J connectivity index is 1.85. The SMILES string of the molecule is CCCn1nc(C(=O)OC(C(=O)Nc2ccccc2)c2ccccc2)ccc1=O. The lowest BCUT2D eigenvalue weighted by atomic mass is 10.1. The number of rotatable bonds is 7. The van der Waals surface area contributed by atoms with E-state index < -0.39 is 18.0 Å². The lowest BCUT2D eigenvalue weighted by Crippen LogP contribution is -2.28. The molecule has 0 aliphatic heterocycles. The van der Waals surface area contributed by atoms with Crippen molar-refractivity contribution < 1.29 is 14.3 Å². The zero-order valence-electron chi connectivity index (χ0n) is 15.9. The zero-order chi connectivity index (χ0) is 20.6. The van der Waals surface area contributed by atoms with Gasteiger partial charge in [-0.1, -0.05) is 55.5 Å². The number of ether oxygens (including phenoxy) is 1. The van der Waals surface area contributed by atoms with Gasteiger partial charge in [0.15, 0.2) is 5.69 Å².